The third-order valence-corrected chi connectivity index (χ3v) is 4.23. The molecule has 0 amide bonds. The quantitative estimate of drug-likeness (QED) is 0.794. The van der Waals surface area contributed by atoms with Gasteiger partial charge in [-0.05, 0) is 37.4 Å². The standard InChI is InChI=1S/C17H21NO2/c1-12(2)14-7-5-9-18(14)11-15(19)17-10-13-6-3-4-8-16(13)20-17/h3-4,6,8,10,12,14H,5,7,9,11H2,1-2H3. The third kappa shape index (κ3) is 2.50. The van der Waals surface area contributed by atoms with E-state index in [1.54, 1.807) is 0 Å². The molecule has 1 atom stereocenters. The summed E-state index contributed by atoms with van der Waals surface area (Å²) in [4.78, 5) is 14.7. The molecule has 0 aliphatic carbocycles. The van der Waals surface area contributed by atoms with E-state index in [9.17, 15) is 4.79 Å². The van der Waals surface area contributed by atoms with E-state index in [1.165, 1.54) is 12.8 Å². The summed E-state index contributed by atoms with van der Waals surface area (Å²) in [6, 6.07) is 10.2. The Labute approximate surface area is 119 Å². The van der Waals surface area contributed by atoms with E-state index in [-0.39, 0.29) is 5.78 Å². The number of benzene rings is 1. The molecule has 0 spiro atoms. The van der Waals surface area contributed by atoms with Crippen LogP contribution < -0.4 is 0 Å². The van der Waals surface area contributed by atoms with Crippen LogP contribution in [0.25, 0.3) is 11.0 Å². The van der Waals surface area contributed by atoms with Gasteiger partial charge < -0.3 is 4.42 Å². The zero-order valence-corrected chi connectivity index (χ0v) is 12.1. The lowest BCUT2D eigenvalue weighted by Gasteiger charge is -2.26. The molecule has 2 aromatic rings. The Hall–Kier alpha value is -1.61. The molecule has 3 nitrogen and oxygen atoms in total. The molecule has 0 radical (unpaired) electrons. The van der Waals surface area contributed by atoms with E-state index in [0.717, 1.165) is 17.5 Å². The van der Waals surface area contributed by atoms with Gasteiger partial charge in [0.2, 0.25) is 5.78 Å². The molecule has 0 saturated carbocycles. The maximum Gasteiger partial charge on any atom is 0.211 e. The van der Waals surface area contributed by atoms with Gasteiger partial charge in [-0.3, -0.25) is 9.69 Å². The maximum atomic E-state index is 12.4. The van der Waals surface area contributed by atoms with Crippen LogP contribution in [-0.4, -0.2) is 29.8 Å². The second-order valence-electron chi connectivity index (χ2n) is 6.00. The monoisotopic (exact) mass is 271 g/mol. The number of Topliss-reactive ketones (excluding diaryl/α,β-unsaturated/α-hetero) is 1. The molecule has 1 aromatic carbocycles. The minimum absolute atomic E-state index is 0.0914. The van der Waals surface area contributed by atoms with Gasteiger partial charge in [-0.25, -0.2) is 0 Å². The minimum atomic E-state index is 0.0914. The average Bonchev–Trinajstić information content (AvgIpc) is 3.03. The number of hydrogen-bond acceptors (Lipinski definition) is 3. The molecule has 3 heteroatoms. The van der Waals surface area contributed by atoms with Crippen LogP contribution in [0.4, 0.5) is 0 Å². The summed E-state index contributed by atoms with van der Waals surface area (Å²) < 4.78 is 5.66. The highest BCUT2D eigenvalue weighted by atomic mass is 16.3. The van der Waals surface area contributed by atoms with Crippen molar-refractivity contribution < 1.29 is 9.21 Å². The number of hydrogen-bond donors (Lipinski definition) is 0. The fourth-order valence-electron chi connectivity index (χ4n) is 3.18. The van der Waals surface area contributed by atoms with Crippen molar-refractivity contribution in [2.75, 3.05) is 13.1 Å². The Morgan fingerprint density at radius 1 is 1.40 bits per heavy atom. The van der Waals surface area contributed by atoms with Gasteiger partial charge >= 0.3 is 0 Å². The van der Waals surface area contributed by atoms with Crippen LogP contribution in [0.2, 0.25) is 0 Å². The Morgan fingerprint density at radius 3 is 2.95 bits per heavy atom. The molecule has 2 heterocycles. The number of likely N-dealkylation sites (tertiary alicyclic amines) is 1. The number of para-hydroxylation sites is 1. The summed E-state index contributed by atoms with van der Waals surface area (Å²) in [6.07, 6.45) is 2.39. The van der Waals surface area contributed by atoms with Gasteiger partial charge in [0, 0.05) is 11.4 Å². The summed E-state index contributed by atoms with van der Waals surface area (Å²) in [5, 5.41) is 0.998. The summed E-state index contributed by atoms with van der Waals surface area (Å²) in [5.74, 6) is 1.18. The summed E-state index contributed by atoms with van der Waals surface area (Å²) >= 11 is 0. The van der Waals surface area contributed by atoms with Crippen molar-refractivity contribution in [2.45, 2.75) is 32.7 Å². The lowest BCUT2D eigenvalue weighted by atomic mass is 10.0. The first kappa shape index (κ1) is 13.4. The maximum absolute atomic E-state index is 12.4. The molecule has 0 bridgehead atoms. The van der Waals surface area contributed by atoms with Crippen molar-refractivity contribution in [1.29, 1.82) is 0 Å². The Balaban J connectivity index is 1.75. The van der Waals surface area contributed by atoms with Gasteiger partial charge in [0.1, 0.15) is 5.58 Å². The fraction of sp³-hybridized carbons (Fsp3) is 0.471. The van der Waals surface area contributed by atoms with Gasteiger partial charge in [0.25, 0.3) is 0 Å². The number of carbonyl (C=O) groups is 1. The van der Waals surface area contributed by atoms with E-state index < -0.39 is 0 Å². The number of furan rings is 1. The van der Waals surface area contributed by atoms with E-state index in [4.69, 9.17) is 4.42 Å². The first-order chi connectivity index (χ1) is 9.65. The normalized spacial score (nSPS) is 20.1. The third-order valence-electron chi connectivity index (χ3n) is 4.23. The molecule has 1 aliphatic rings. The summed E-state index contributed by atoms with van der Waals surface area (Å²) in [6.45, 7) is 5.96. The van der Waals surface area contributed by atoms with Crippen LogP contribution in [0.3, 0.4) is 0 Å². The van der Waals surface area contributed by atoms with Crippen molar-refractivity contribution in [2.24, 2.45) is 5.92 Å². The molecule has 1 saturated heterocycles. The molecule has 20 heavy (non-hydrogen) atoms. The van der Waals surface area contributed by atoms with Crippen LogP contribution in [0, 0.1) is 5.92 Å². The van der Waals surface area contributed by atoms with Crippen LogP contribution in [0.1, 0.15) is 37.2 Å². The van der Waals surface area contributed by atoms with Gasteiger partial charge in [-0.2, -0.15) is 0 Å². The molecular weight excluding hydrogens is 250 g/mol. The molecule has 1 aliphatic heterocycles. The Morgan fingerprint density at radius 2 is 2.20 bits per heavy atom. The van der Waals surface area contributed by atoms with Gasteiger partial charge in [0.15, 0.2) is 5.76 Å². The van der Waals surface area contributed by atoms with Crippen molar-refractivity contribution in [1.82, 2.24) is 4.90 Å². The van der Waals surface area contributed by atoms with Crippen molar-refractivity contribution in [3.8, 4) is 0 Å². The average molecular weight is 271 g/mol. The van der Waals surface area contributed by atoms with Crippen LogP contribution in [0.15, 0.2) is 34.7 Å². The smallest absolute Gasteiger partial charge is 0.211 e. The number of rotatable bonds is 4. The second-order valence-corrected chi connectivity index (χ2v) is 6.00. The highest BCUT2D eigenvalue weighted by Crippen LogP contribution is 2.25. The largest absolute Gasteiger partial charge is 0.453 e. The molecule has 106 valence electrons. The minimum Gasteiger partial charge on any atom is -0.453 e. The summed E-state index contributed by atoms with van der Waals surface area (Å²) in [7, 11) is 0. The highest BCUT2D eigenvalue weighted by molar-refractivity contribution is 5.98. The van der Waals surface area contributed by atoms with E-state index in [1.807, 2.05) is 30.3 Å². The first-order valence-corrected chi connectivity index (χ1v) is 7.41. The van der Waals surface area contributed by atoms with Crippen molar-refractivity contribution in [3.05, 3.63) is 36.1 Å². The lowest BCUT2D eigenvalue weighted by Crippen LogP contribution is -2.37. The van der Waals surface area contributed by atoms with E-state index in [0.29, 0.717) is 24.3 Å². The molecule has 1 fully saturated rings. The lowest BCUT2D eigenvalue weighted by molar-refractivity contribution is 0.0879. The van der Waals surface area contributed by atoms with Crippen LogP contribution >= 0.6 is 0 Å². The SMILES string of the molecule is CC(C)C1CCCN1CC(=O)c1cc2ccccc2o1. The fourth-order valence-corrected chi connectivity index (χ4v) is 3.18. The Kier molecular flexibility index (Phi) is 3.62. The highest BCUT2D eigenvalue weighted by Gasteiger charge is 2.29. The van der Waals surface area contributed by atoms with Gasteiger partial charge in [0.05, 0.1) is 6.54 Å². The number of nitrogens with zero attached hydrogens (tertiary/aromatic N) is 1. The topological polar surface area (TPSA) is 33.5 Å². The number of ketones is 1. The first-order valence-electron chi connectivity index (χ1n) is 7.41. The zero-order valence-electron chi connectivity index (χ0n) is 12.1. The van der Waals surface area contributed by atoms with Gasteiger partial charge in [-0.1, -0.05) is 32.0 Å². The van der Waals surface area contributed by atoms with E-state index in [2.05, 4.69) is 18.7 Å². The molecule has 1 aromatic heterocycles. The molecule has 0 N–H and O–H groups in total. The van der Waals surface area contributed by atoms with Gasteiger partial charge in [-0.15, -0.1) is 0 Å². The number of fused-ring (bicyclic) bond motifs is 1. The van der Waals surface area contributed by atoms with E-state index >= 15 is 0 Å². The molecule has 1 unspecified atom stereocenters. The van der Waals surface area contributed by atoms with Crippen molar-refractivity contribution in [3.63, 3.8) is 0 Å². The Bertz CT molecular complexity index is 581. The van der Waals surface area contributed by atoms with Crippen molar-refractivity contribution >= 4 is 16.8 Å². The summed E-state index contributed by atoms with van der Waals surface area (Å²) in [5.41, 5.74) is 0.790. The van der Waals surface area contributed by atoms with Crippen LogP contribution in [0.5, 0.6) is 0 Å². The van der Waals surface area contributed by atoms with Crippen LogP contribution in [-0.2, 0) is 0 Å². The predicted octanol–water partition coefficient (Wildman–Crippen LogP) is 3.74. The predicted molar refractivity (Wildman–Crippen MR) is 80.0 cm³/mol. The molecule has 3 rings (SSSR count). The zero-order chi connectivity index (χ0) is 14.1. The number of carbonyl (C=O) groups excluding carboxylic acids is 1. The molecular formula is C17H21NO2. The second kappa shape index (κ2) is 5.41.